The number of fused-ring (bicyclic) bond motifs is 1. The van der Waals surface area contributed by atoms with Crippen molar-refractivity contribution in [2.45, 2.75) is 26.8 Å². The minimum absolute atomic E-state index is 0.131. The van der Waals surface area contributed by atoms with E-state index in [0.717, 1.165) is 22.7 Å². The van der Waals surface area contributed by atoms with Crippen molar-refractivity contribution in [2.75, 3.05) is 13.7 Å². The molecule has 3 rings (SSSR count). The third-order valence-electron chi connectivity index (χ3n) is 3.98. The molecule has 0 aliphatic heterocycles. The van der Waals surface area contributed by atoms with Gasteiger partial charge in [0.25, 0.3) is 11.7 Å². The van der Waals surface area contributed by atoms with Gasteiger partial charge in [-0.3, -0.25) is 9.59 Å². The summed E-state index contributed by atoms with van der Waals surface area (Å²) in [7, 11) is 1.59. The van der Waals surface area contributed by atoms with Gasteiger partial charge in [-0.1, -0.05) is 12.1 Å². The molecule has 0 fully saturated rings. The number of hydrogen-bond acceptors (Lipinski definition) is 7. The van der Waals surface area contributed by atoms with E-state index < -0.39 is 5.97 Å². The average molecular weight is 383 g/mol. The molecule has 1 aromatic carbocycles. The number of esters is 1. The van der Waals surface area contributed by atoms with Gasteiger partial charge in [0.2, 0.25) is 0 Å². The van der Waals surface area contributed by atoms with Crippen LogP contribution in [-0.2, 0) is 27.3 Å². The Morgan fingerprint density at radius 2 is 1.89 bits per heavy atom. The molecule has 0 bridgehead atoms. The van der Waals surface area contributed by atoms with E-state index in [1.165, 1.54) is 0 Å². The first-order chi connectivity index (χ1) is 13.4. The fourth-order valence-electron chi connectivity index (χ4n) is 2.60. The maximum Gasteiger partial charge on any atom is 0.314 e. The number of carbonyl (C=O) groups excluding carboxylic acids is 2. The summed E-state index contributed by atoms with van der Waals surface area (Å²) in [5.74, 6) is 0.498. The lowest BCUT2D eigenvalue weighted by Gasteiger charge is -2.07. The van der Waals surface area contributed by atoms with E-state index in [0.29, 0.717) is 18.1 Å². The molecule has 0 aliphatic carbocycles. The normalized spacial score (nSPS) is 10.7. The minimum Gasteiger partial charge on any atom is -0.497 e. The molecule has 1 amide bonds. The lowest BCUT2D eigenvalue weighted by molar-refractivity contribution is -0.148. The number of ether oxygens (including phenoxy) is 2. The number of amides is 1. The molecular formula is C19H21N5O4. The predicted molar refractivity (Wildman–Crippen MR) is 99.8 cm³/mol. The van der Waals surface area contributed by atoms with Crippen LogP contribution in [-0.4, -0.2) is 45.2 Å². The molecule has 0 atom stereocenters. The molecule has 9 nitrogen and oxygen atoms in total. The highest BCUT2D eigenvalue weighted by molar-refractivity contribution is 5.80. The zero-order chi connectivity index (χ0) is 20.1. The van der Waals surface area contributed by atoms with Crippen LogP contribution >= 0.6 is 0 Å². The Kier molecular flexibility index (Phi) is 5.83. The summed E-state index contributed by atoms with van der Waals surface area (Å²) in [5, 5.41) is 6.93. The quantitative estimate of drug-likeness (QED) is 0.610. The zero-order valence-electron chi connectivity index (χ0n) is 15.9. The molecule has 2 aromatic heterocycles. The predicted octanol–water partition coefficient (Wildman–Crippen LogP) is 1.15. The molecule has 2 heterocycles. The Labute approximate surface area is 161 Å². The Balaban J connectivity index is 1.47. The summed E-state index contributed by atoms with van der Waals surface area (Å²) >= 11 is 0. The average Bonchev–Trinajstić information content (AvgIpc) is 3.07. The van der Waals surface area contributed by atoms with Crippen LogP contribution in [0.25, 0.3) is 5.78 Å². The van der Waals surface area contributed by atoms with Gasteiger partial charge in [0.05, 0.1) is 7.11 Å². The van der Waals surface area contributed by atoms with Crippen LogP contribution in [0.15, 0.2) is 30.3 Å². The third kappa shape index (κ3) is 4.81. The SMILES string of the molecule is COc1ccc(CNC(=O)COC(=O)Cc2nc3nc(C)cc(C)n3n2)cc1. The highest BCUT2D eigenvalue weighted by Crippen LogP contribution is 2.11. The molecular weight excluding hydrogens is 362 g/mol. The van der Waals surface area contributed by atoms with Crippen molar-refractivity contribution in [1.29, 1.82) is 0 Å². The number of aromatic nitrogens is 4. The van der Waals surface area contributed by atoms with Gasteiger partial charge in [-0.25, -0.2) is 9.50 Å². The van der Waals surface area contributed by atoms with E-state index in [1.54, 1.807) is 23.8 Å². The van der Waals surface area contributed by atoms with Gasteiger partial charge in [0.1, 0.15) is 12.2 Å². The van der Waals surface area contributed by atoms with E-state index in [9.17, 15) is 9.59 Å². The Bertz CT molecular complexity index is 997. The lowest BCUT2D eigenvalue weighted by atomic mass is 10.2. The number of methoxy groups -OCH3 is 1. The van der Waals surface area contributed by atoms with E-state index in [2.05, 4.69) is 20.4 Å². The Morgan fingerprint density at radius 3 is 2.61 bits per heavy atom. The molecule has 0 saturated carbocycles. The second-order valence-corrected chi connectivity index (χ2v) is 6.24. The lowest BCUT2D eigenvalue weighted by Crippen LogP contribution is -2.28. The monoisotopic (exact) mass is 383 g/mol. The number of nitrogens with zero attached hydrogens (tertiary/aromatic N) is 4. The first-order valence-corrected chi connectivity index (χ1v) is 8.70. The summed E-state index contributed by atoms with van der Waals surface area (Å²) < 4.78 is 11.6. The number of benzene rings is 1. The number of hydrogen-bond donors (Lipinski definition) is 1. The molecule has 146 valence electrons. The van der Waals surface area contributed by atoms with Crippen LogP contribution in [0.4, 0.5) is 0 Å². The molecule has 9 heteroatoms. The van der Waals surface area contributed by atoms with Crippen LogP contribution in [0, 0.1) is 13.8 Å². The highest BCUT2D eigenvalue weighted by Gasteiger charge is 2.14. The van der Waals surface area contributed by atoms with Crippen LogP contribution < -0.4 is 10.1 Å². The van der Waals surface area contributed by atoms with Crippen molar-refractivity contribution in [1.82, 2.24) is 24.9 Å². The zero-order valence-corrected chi connectivity index (χ0v) is 15.9. The van der Waals surface area contributed by atoms with Crippen molar-refractivity contribution in [3.05, 3.63) is 53.1 Å². The number of carbonyl (C=O) groups is 2. The second kappa shape index (κ2) is 8.47. The summed E-state index contributed by atoms with van der Waals surface area (Å²) in [4.78, 5) is 32.3. The fraction of sp³-hybridized carbons (Fsp3) is 0.316. The second-order valence-electron chi connectivity index (χ2n) is 6.24. The fourth-order valence-corrected chi connectivity index (χ4v) is 2.60. The minimum atomic E-state index is -0.579. The van der Waals surface area contributed by atoms with Gasteiger partial charge in [-0.05, 0) is 37.6 Å². The van der Waals surface area contributed by atoms with Crippen molar-refractivity contribution in [2.24, 2.45) is 0 Å². The van der Waals surface area contributed by atoms with E-state index in [1.807, 2.05) is 32.0 Å². The maximum absolute atomic E-state index is 12.0. The molecule has 0 saturated heterocycles. The van der Waals surface area contributed by atoms with Gasteiger partial charge in [-0.2, -0.15) is 4.98 Å². The summed E-state index contributed by atoms with van der Waals surface area (Å²) in [5.41, 5.74) is 2.60. The van der Waals surface area contributed by atoms with Gasteiger partial charge >= 0.3 is 5.97 Å². The molecule has 3 aromatic rings. The van der Waals surface area contributed by atoms with Gasteiger partial charge in [0, 0.05) is 17.9 Å². The smallest absolute Gasteiger partial charge is 0.314 e. The maximum atomic E-state index is 12.0. The number of rotatable bonds is 7. The van der Waals surface area contributed by atoms with Crippen LogP contribution in [0.1, 0.15) is 22.8 Å². The van der Waals surface area contributed by atoms with Crippen LogP contribution in [0.5, 0.6) is 5.75 Å². The first kappa shape index (κ1) is 19.3. The molecule has 0 unspecified atom stereocenters. The largest absolute Gasteiger partial charge is 0.497 e. The van der Waals surface area contributed by atoms with E-state index >= 15 is 0 Å². The van der Waals surface area contributed by atoms with E-state index in [4.69, 9.17) is 9.47 Å². The molecule has 0 radical (unpaired) electrons. The van der Waals surface area contributed by atoms with Crippen molar-refractivity contribution in [3.63, 3.8) is 0 Å². The van der Waals surface area contributed by atoms with Crippen molar-refractivity contribution < 1.29 is 19.1 Å². The standard InChI is InChI=1S/C19H21N5O4/c1-12-8-13(2)24-19(21-12)22-16(23-24)9-18(26)28-11-17(25)20-10-14-4-6-15(27-3)7-5-14/h4-8H,9-11H2,1-3H3,(H,20,25). The summed E-state index contributed by atoms with van der Waals surface area (Å²) in [6, 6.07) is 9.18. The summed E-state index contributed by atoms with van der Waals surface area (Å²) in [6.07, 6.45) is -0.131. The van der Waals surface area contributed by atoms with Gasteiger partial charge in [0.15, 0.2) is 12.4 Å². The van der Waals surface area contributed by atoms with Crippen LogP contribution in [0.3, 0.4) is 0 Å². The van der Waals surface area contributed by atoms with E-state index in [-0.39, 0.29) is 18.9 Å². The van der Waals surface area contributed by atoms with Gasteiger partial charge in [-0.15, -0.1) is 5.10 Å². The molecule has 0 aliphatic rings. The first-order valence-electron chi connectivity index (χ1n) is 8.70. The van der Waals surface area contributed by atoms with Gasteiger partial charge < -0.3 is 14.8 Å². The molecule has 0 spiro atoms. The van der Waals surface area contributed by atoms with Crippen molar-refractivity contribution >= 4 is 17.7 Å². The highest BCUT2D eigenvalue weighted by atomic mass is 16.5. The third-order valence-corrected chi connectivity index (χ3v) is 3.98. The Morgan fingerprint density at radius 1 is 1.14 bits per heavy atom. The summed E-state index contributed by atoms with van der Waals surface area (Å²) in [6.45, 7) is 3.71. The Hall–Kier alpha value is -3.49. The number of nitrogens with one attached hydrogen (secondary N) is 1. The number of aryl methyl sites for hydroxylation is 2. The molecule has 1 N–H and O–H groups in total. The van der Waals surface area contributed by atoms with Crippen molar-refractivity contribution in [3.8, 4) is 5.75 Å². The van der Waals surface area contributed by atoms with Crippen LogP contribution in [0.2, 0.25) is 0 Å². The molecule has 28 heavy (non-hydrogen) atoms. The topological polar surface area (TPSA) is 108 Å².